The number of aliphatic hydroxyl groups is 1. The number of hydrogen-bond acceptors (Lipinski definition) is 8. The fourth-order valence-electron chi connectivity index (χ4n) is 5.59. The number of nitriles is 1. The molecule has 9 heteroatoms. The number of nitrogens with one attached hydrogen (secondary N) is 1. The van der Waals surface area contributed by atoms with Crippen LogP contribution >= 0.6 is 0 Å². The zero-order valence-corrected chi connectivity index (χ0v) is 24.5. The number of anilines is 1. The van der Waals surface area contributed by atoms with Crippen molar-refractivity contribution in [2.24, 2.45) is 0 Å². The summed E-state index contributed by atoms with van der Waals surface area (Å²) in [7, 11) is 3.85. The number of rotatable bonds is 6. The highest BCUT2D eigenvalue weighted by Crippen LogP contribution is 2.40. The van der Waals surface area contributed by atoms with E-state index in [2.05, 4.69) is 17.3 Å². The van der Waals surface area contributed by atoms with E-state index in [1.165, 1.54) is 43.1 Å². The van der Waals surface area contributed by atoms with Crippen LogP contribution < -0.4 is 10.2 Å². The van der Waals surface area contributed by atoms with Crippen molar-refractivity contribution in [3.05, 3.63) is 65.2 Å². The van der Waals surface area contributed by atoms with Crippen molar-refractivity contribution in [1.82, 2.24) is 15.2 Å². The fraction of sp³-hybridized carbons (Fsp3) is 0.500. The van der Waals surface area contributed by atoms with Crippen LogP contribution in [0.1, 0.15) is 75.1 Å². The number of likely N-dealkylation sites (N-methyl/N-ethyl adjacent to an activating group) is 1. The Morgan fingerprint density at radius 2 is 2.00 bits per heavy atom. The molecule has 2 aromatic rings. The number of aromatic nitrogens is 1. The number of carbonyl (C=O) groups is 2. The summed E-state index contributed by atoms with van der Waals surface area (Å²) in [5, 5.41) is 20.7. The number of aliphatic hydroxyl groups excluding tert-OH is 1. The van der Waals surface area contributed by atoms with E-state index >= 15 is 0 Å². The summed E-state index contributed by atoms with van der Waals surface area (Å²) in [6.07, 6.45) is 17.6. The van der Waals surface area contributed by atoms with Crippen molar-refractivity contribution >= 4 is 24.3 Å². The van der Waals surface area contributed by atoms with Crippen molar-refractivity contribution in [3.8, 4) is 6.19 Å². The van der Waals surface area contributed by atoms with Crippen LogP contribution in [-0.2, 0) is 15.0 Å². The second-order valence-corrected chi connectivity index (χ2v) is 11.4. The van der Waals surface area contributed by atoms with E-state index in [0.717, 1.165) is 23.5 Å². The van der Waals surface area contributed by atoms with Gasteiger partial charge in [-0.15, -0.1) is 0 Å². The highest BCUT2D eigenvalue weighted by Gasteiger charge is 2.30. The zero-order chi connectivity index (χ0) is 30.0. The first kappa shape index (κ1) is 31.9. The molecule has 0 amide bonds. The Morgan fingerprint density at radius 1 is 1.27 bits per heavy atom. The molecule has 1 saturated carbocycles. The third-order valence-electron chi connectivity index (χ3n) is 8.03. The van der Waals surface area contributed by atoms with Crippen molar-refractivity contribution < 1.29 is 19.1 Å². The summed E-state index contributed by atoms with van der Waals surface area (Å²) in [6, 6.07) is 6.99. The third kappa shape index (κ3) is 8.21. The van der Waals surface area contributed by atoms with Gasteiger partial charge in [0.1, 0.15) is 24.4 Å². The Kier molecular flexibility index (Phi) is 11.6. The third-order valence-corrected chi connectivity index (χ3v) is 8.03. The molecule has 3 aliphatic rings. The maximum absolute atomic E-state index is 14.6. The van der Waals surface area contributed by atoms with E-state index in [4.69, 9.17) is 10.4 Å². The lowest BCUT2D eigenvalue weighted by molar-refractivity contribution is -0.111. The Hall–Kier alpha value is -3.61. The number of β-amino-alcohol motifs (C(OH)–C–C–N with tert-alkyl or cyclic N) is 1. The van der Waals surface area contributed by atoms with Gasteiger partial charge >= 0.3 is 0 Å². The van der Waals surface area contributed by atoms with E-state index in [1.807, 2.05) is 44.3 Å². The minimum atomic E-state index is -0.519. The SMILES string of the molecule is CN(c1cc(F)c2c(c1)C=CC2(C)C)C(C=O)c1cccnc1.CNC1CCCCC1.N#CN1CC(O)CC1C=O. The van der Waals surface area contributed by atoms with Crippen LogP contribution in [0, 0.1) is 17.3 Å². The van der Waals surface area contributed by atoms with Gasteiger partial charge in [-0.3, -0.25) is 9.88 Å². The first-order chi connectivity index (χ1) is 19.6. The molecule has 0 spiro atoms. The molecule has 5 rings (SSSR count). The predicted molar refractivity (Wildman–Crippen MR) is 159 cm³/mol. The average Bonchev–Trinajstić information content (AvgIpc) is 3.52. The lowest BCUT2D eigenvalue weighted by Gasteiger charge is -2.27. The second kappa shape index (κ2) is 14.9. The van der Waals surface area contributed by atoms with E-state index in [9.17, 15) is 14.0 Å². The first-order valence-electron chi connectivity index (χ1n) is 14.2. The number of nitrogens with zero attached hydrogens (tertiary/aromatic N) is 4. The molecular formula is C32H42FN5O3. The van der Waals surface area contributed by atoms with Crippen LogP contribution in [0.2, 0.25) is 0 Å². The molecule has 0 bridgehead atoms. The van der Waals surface area contributed by atoms with E-state index in [1.54, 1.807) is 30.4 Å². The number of benzene rings is 1. The van der Waals surface area contributed by atoms with Crippen LogP contribution in [0.3, 0.4) is 0 Å². The van der Waals surface area contributed by atoms with Crippen LogP contribution in [0.15, 0.2) is 42.7 Å². The summed E-state index contributed by atoms with van der Waals surface area (Å²) in [5.41, 5.74) is 2.72. The normalized spacial score (nSPS) is 21.3. The molecule has 2 heterocycles. The molecule has 1 aromatic carbocycles. The largest absolute Gasteiger partial charge is 0.391 e. The predicted octanol–water partition coefficient (Wildman–Crippen LogP) is 4.54. The number of likely N-dealkylation sites (tertiary alicyclic amines) is 1. The Labute approximate surface area is 242 Å². The molecule has 220 valence electrons. The lowest BCUT2D eigenvalue weighted by atomic mass is 9.86. The molecule has 1 aromatic heterocycles. The Balaban J connectivity index is 0.000000210. The van der Waals surface area contributed by atoms with Gasteiger partial charge in [0, 0.05) is 48.6 Å². The summed E-state index contributed by atoms with van der Waals surface area (Å²) in [5.74, 6) is -0.241. The van der Waals surface area contributed by atoms with Gasteiger partial charge in [0.15, 0.2) is 6.19 Å². The second-order valence-electron chi connectivity index (χ2n) is 11.4. The summed E-state index contributed by atoms with van der Waals surface area (Å²) in [4.78, 5) is 28.9. The molecule has 41 heavy (non-hydrogen) atoms. The Bertz CT molecular complexity index is 1220. The molecule has 0 radical (unpaired) electrons. The minimum absolute atomic E-state index is 0.241. The van der Waals surface area contributed by atoms with Crippen molar-refractivity contribution in [3.63, 3.8) is 0 Å². The number of aldehydes is 2. The van der Waals surface area contributed by atoms with Gasteiger partial charge in [-0.2, -0.15) is 5.26 Å². The van der Waals surface area contributed by atoms with Crippen molar-refractivity contribution in [2.75, 3.05) is 25.5 Å². The zero-order valence-electron chi connectivity index (χ0n) is 24.5. The molecule has 8 nitrogen and oxygen atoms in total. The number of halogens is 1. The summed E-state index contributed by atoms with van der Waals surface area (Å²) in [6.45, 7) is 4.28. The minimum Gasteiger partial charge on any atom is -0.391 e. The number of allylic oxidation sites excluding steroid dienone is 1. The molecular weight excluding hydrogens is 521 g/mol. The van der Waals surface area contributed by atoms with E-state index in [0.29, 0.717) is 30.5 Å². The van der Waals surface area contributed by atoms with Gasteiger partial charge in [-0.1, -0.05) is 51.3 Å². The van der Waals surface area contributed by atoms with Crippen LogP contribution in [0.5, 0.6) is 0 Å². The van der Waals surface area contributed by atoms with Crippen molar-refractivity contribution in [2.45, 2.75) is 82.0 Å². The number of carbonyl (C=O) groups excluding carboxylic acids is 2. The maximum atomic E-state index is 14.6. The smallest absolute Gasteiger partial charge is 0.180 e. The van der Waals surface area contributed by atoms with Gasteiger partial charge in [-0.25, -0.2) is 4.39 Å². The highest BCUT2D eigenvalue weighted by atomic mass is 19.1. The van der Waals surface area contributed by atoms with E-state index in [-0.39, 0.29) is 11.2 Å². The van der Waals surface area contributed by atoms with Gasteiger partial charge in [0.2, 0.25) is 0 Å². The van der Waals surface area contributed by atoms with Crippen molar-refractivity contribution in [1.29, 1.82) is 5.26 Å². The summed E-state index contributed by atoms with van der Waals surface area (Å²) >= 11 is 0. The summed E-state index contributed by atoms with van der Waals surface area (Å²) < 4.78 is 14.6. The standard InChI is InChI=1S/C19H19FN2O.C7H15N.C6H8N2O2/c1-19(2)7-6-13-9-15(10-16(20)18(13)19)22(3)17(12-23)14-5-4-8-21-11-14;1-8-7-5-3-2-4-6-7;7-4-8-2-6(10)1-5(8)3-9/h4-12,17H,1-3H3;7-8H,2-6H2,1H3;3,5-6,10H,1-2H2. The van der Waals surface area contributed by atoms with Gasteiger partial charge in [0.05, 0.1) is 18.7 Å². The number of pyridine rings is 1. The van der Waals surface area contributed by atoms with E-state index < -0.39 is 18.2 Å². The topological polar surface area (TPSA) is 110 Å². The van der Waals surface area contributed by atoms with Gasteiger partial charge in [0.25, 0.3) is 0 Å². The monoisotopic (exact) mass is 563 g/mol. The molecule has 3 atom stereocenters. The lowest BCUT2D eigenvalue weighted by Crippen LogP contribution is -2.26. The molecule has 2 aliphatic carbocycles. The van der Waals surface area contributed by atoms with Crippen LogP contribution in [-0.4, -0.2) is 66.4 Å². The number of fused-ring (bicyclic) bond motifs is 1. The molecule has 1 aliphatic heterocycles. The molecule has 2 N–H and O–H groups in total. The average molecular weight is 564 g/mol. The Morgan fingerprint density at radius 3 is 2.54 bits per heavy atom. The molecule has 1 saturated heterocycles. The molecule has 3 unspecified atom stereocenters. The first-order valence-corrected chi connectivity index (χ1v) is 14.2. The van der Waals surface area contributed by atoms with Crippen LogP contribution in [0.4, 0.5) is 10.1 Å². The van der Waals surface area contributed by atoms with Gasteiger partial charge in [-0.05, 0) is 49.2 Å². The highest BCUT2D eigenvalue weighted by molar-refractivity contribution is 5.73. The maximum Gasteiger partial charge on any atom is 0.180 e. The quantitative estimate of drug-likeness (QED) is 0.390. The fourth-order valence-corrected chi connectivity index (χ4v) is 5.59. The molecule has 2 fully saturated rings. The number of hydrogen-bond donors (Lipinski definition) is 2. The van der Waals surface area contributed by atoms with Crippen LogP contribution in [0.25, 0.3) is 6.08 Å². The van der Waals surface area contributed by atoms with Gasteiger partial charge < -0.3 is 24.9 Å².